The first-order valence-corrected chi connectivity index (χ1v) is 6.61. The maximum atomic E-state index is 10.0. The Labute approximate surface area is 114 Å². The molecule has 100 valence electrons. The van der Waals surface area contributed by atoms with E-state index in [-0.39, 0.29) is 11.5 Å². The van der Waals surface area contributed by atoms with Gasteiger partial charge in [0, 0.05) is 18.1 Å². The van der Waals surface area contributed by atoms with Gasteiger partial charge in [0.05, 0.1) is 0 Å². The normalized spacial score (nSPS) is 10.7. The van der Waals surface area contributed by atoms with Gasteiger partial charge in [-0.25, -0.2) is 0 Å². The van der Waals surface area contributed by atoms with Crippen molar-refractivity contribution >= 4 is 0 Å². The number of hydrogen-bond acceptors (Lipinski definition) is 2. The van der Waals surface area contributed by atoms with Gasteiger partial charge in [-0.15, -0.1) is 0 Å². The first-order chi connectivity index (χ1) is 9.02. The van der Waals surface area contributed by atoms with Crippen LogP contribution < -0.4 is 0 Å². The Kier molecular flexibility index (Phi) is 3.79. The third-order valence-electron chi connectivity index (χ3n) is 3.76. The summed E-state index contributed by atoms with van der Waals surface area (Å²) in [4.78, 5) is 0. The number of phenolic OH excluding ortho intramolecular Hbond substituents is 2. The molecule has 0 radical (unpaired) electrons. The lowest BCUT2D eigenvalue weighted by atomic mass is 9.94. The molecular formula is C17H20O2. The molecule has 0 aliphatic carbocycles. The summed E-state index contributed by atoms with van der Waals surface area (Å²) in [5, 5.41) is 19.7. The molecule has 0 fully saturated rings. The van der Waals surface area contributed by atoms with E-state index in [0.29, 0.717) is 6.42 Å². The van der Waals surface area contributed by atoms with Crippen LogP contribution in [-0.4, -0.2) is 10.2 Å². The van der Waals surface area contributed by atoms with E-state index >= 15 is 0 Å². The molecule has 0 amide bonds. The third-order valence-corrected chi connectivity index (χ3v) is 3.76. The van der Waals surface area contributed by atoms with Crippen LogP contribution in [0.3, 0.4) is 0 Å². The molecule has 2 N–H and O–H groups in total. The largest absolute Gasteiger partial charge is 0.508 e. The average molecular weight is 256 g/mol. The molecular weight excluding hydrogens is 236 g/mol. The molecule has 0 atom stereocenters. The molecule has 0 spiro atoms. The van der Waals surface area contributed by atoms with Crippen molar-refractivity contribution in [2.24, 2.45) is 0 Å². The van der Waals surface area contributed by atoms with Gasteiger partial charge >= 0.3 is 0 Å². The first-order valence-electron chi connectivity index (χ1n) is 6.61. The van der Waals surface area contributed by atoms with Gasteiger partial charge in [-0.3, -0.25) is 0 Å². The van der Waals surface area contributed by atoms with Crippen molar-refractivity contribution in [3.63, 3.8) is 0 Å². The van der Waals surface area contributed by atoms with Crippen LogP contribution in [0.25, 0.3) is 0 Å². The molecule has 2 aromatic carbocycles. The number of phenols is 2. The van der Waals surface area contributed by atoms with Crippen molar-refractivity contribution in [2.75, 3.05) is 0 Å². The fourth-order valence-corrected chi connectivity index (χ4v) is 2.32. The van der Waals surface area contributed by atoms with Gasteiger partial charge in [0.25, 0.3) is 0 Å². The molecule has 0 aliphatic rings. The number of aromatic hydroxyl groups is 2. The Hall–Kier alpha value is -1.96. The quantitative estimate of drug-likeness (QED) is 0.875. The van der Waals surface area contributed by atoms with Crippen LogP contribution in [0.5, 0.6) is 11.5 Å². The summed E-state index contributed by atoms with van der Waals surface area (Å²) in [6, 6.07) is 9.83. The highest BCUT2D eigenvalue weighted by atomic mass is 16.3. The lowest BCUT2D eigenvalue weighted by Gasteiger charge is -2.13. The smallest absolute Gasteiger partial charge is 0.123 e. The minimum atomic E-state index is 0.154. The molecule has 19 heavy (non-hydrogen) atoms. The Morgan fingerprint density at radius 3 is 2.26 bits per heavy atom. The Balaban J connectivity index is 2.40. The van der Waals surface area contributed by atoms with Crippen LogP contribution in [0.1, 0.15) is 34.7 Å². The van der Waals surface area contributed by atoms with Gasteiger partial charge in [0.1, 0.15) is 11.5 Å². The zero-order chi connectivity index (χ0) is 14.0. The predicted octanol–water partition coefficient (Wildman–Crippen LogP) is 3.87. The summed E-state index contributed by atoms with van der Waals surface area (Å²) in [6.07, 6.45) is 1.69. The number of rotatable bonds is 3. The SMILES string of the molecule is CCc1cccc(Cc2c(O)cc(O)c(C)c2C)c1. The lowest BCUT2D eigenvalue weighted by molar-refractivity contribution is 0.443. The molecule has 2 nitrogen and oxygen atoms in total. The fourth-order valence-electron chi connectivity index (χ4n) is 2.32. The van der Waals surface area contributed by atoms with Crippen LogP contribution in [0.4, 0.5) is 0 Å². The molecule has 0 aromatic heterocycles. The van der Waals surface area contributed by atoms with Crippen LogP contribution in [-0.2, 0) is 12.8 Å². The number of hydrogen-bond donors (Lipinski definition) is 2. The van der Waals surface area contributed by atoms with Crippen molar-refractivity contribution in [3.8, 4) is 11.5 Å². The van der Waals surface area contributed by atoms with Crippen molar-refractivity contribution in [3.05, 3.63) is 58.1 Å². The summed E-state index contributed by atoms with van der Waals surface area (Å²) >= 11 is 0. The molecule has 0 heterocycles. The summed E-state index contributed by atoms with van der Waals surface area (Å²) in [6.45, 7) is 5.94. The second-order valence-electron chi connectivity index (χ2n) is 4.99. The van der Waals surface area contributed by atoms with Gasteiger partial charge in [-0.05, 0) is 42.5 Å². The van der Waals surface area contributed by atoms with E-state index in [1.54, 1.807) is 0 Å². The Morgan fingerprint density at radius 2 is 1.58 bits per heavy atom. The number of benzene rings is 2. The van der Waals surface area contributed by atoms with Crippen LogP contribution in [0.15, 0.2) is 30.3 Å². The van der Waals surface area contributed by atoms with Crippen molar-refractivity contribution in [1.82, 2.24) is 0 Å². The van der Waals surface area contributed by atoms with Gasteiger partial charge in [0.2, 0.25) is 0 Å². The molecule has 0 unspecified atom stereocenters. The predicted molar refractivity (Wildman–Crippen MR) is 77.9 cm³/mol. The topological polar surface area (TPSA) is 40.5 Å². The van der Waals surface area contributed by atoms with E-state index < -0.39 is 0 Å². The maximum Gasteiger partial charge on any atom is 0.123 e. The molecule has 0 bridgehead atoms. The zero-order valence-corrected chi connectivity index (χ0v) is 11.7. The Morgan fingerprint density at radius 1 is 0.895 bits per heavy atom. The van der Waals surface area contributed by atoms with Gasteiger partial charge in [-0.1, -0.05) is 31.2 Å². The highest BCUT2D eigenvalue weighted by Crippen LogP contribution is 2.32. The Bertz CT molecular complexity index is 600. The fraction of sp³-hybridized carbons (Fsp3) is 0.294. The highest BCUT2D eigenvalue weighted by molar-refractivity contribution is 5.52. The molecule has 0 saturated carbocycles. The monoisotopic (exact) mass is 256 g/mol. The molecule has 0 aliphatic heterocycles. The van der Waals surface area contributed by atoms with Gasteiger partial charge in [-0.2, -0.15) is 0 Å². The second kappa shape index (κ2) is 5.35. The molecule has 2 heteroatoms. The van der Waals surface area contributed by atoms with Crippen molar-refractivity contribution in [1.29, 1.82) is 0 Å². The summed E-state index contributed by atoms with van der Waals surface area (Å²) < 4.78 is 0. The standard InChI is InChI=1S/C17H20O2/c1-4-13-6-5-7-14(8-13)9-15-11(2)12(3)16(18)10-17(15)19/h5-8,10,18-19H,4,9H2,1-3H3. The summed E-state index contributed by atoms with van der Waals surface area (Å²) in [5.41, 5.74) is 5.16. The number of aryl methyl sites for hydroxylation is 1. The van der Waals surface area contributed by atoms with Crippen LogP contribution in [0, 0.1) is 13.8 Å². The minimum absolute atomic E-state index is 0.154. The van der Waals surface area contributed by atoms with E-state index in [4.69, 9.17) is 0 Å². The van der Waals surface area contributed by atoms with Gasteiger partial charge in [0.15, 0.2) is 0 Å². The van der Waals surface area contributed by atoms with E-state index in [9.17, 15) is 10.2 Å². The van der Waals surface area contributed by atoms with E-state index in [1.807, 2.05) is 19.9 Å². The molecule has 2 rings (SSSR count). The summed E-state index contributed by atoms with van der Waals surface area (Å²) in [7, 11) is 0. The summed E-state index contributed by atoms with van der Waals surface area (Å²) in [5.74, 6) is 0.323. The van der Waals surface area contributed by atoms with Crippen LogP contribution in [0.2, 0.25) is 0 Å². The van der Waals surface area contributed by atoms with Crippen LogP contribution >= 0.6 is 0 Å². The zero-order valence-electron chi connectivity index (χ0n) is 11.7. The third kappa shape index (κ3) is 2.73. The lowest BCUT2D eigenvalue weighted by Crippen LogP contribution is -1.96. The van der Waals surface area contributed by atoms with Crippen molar-refractivity contribution in [2.45, 2.75) is 33.6 Å². The van der Waals surface area contributed by atoms with E-state index in [0.717, 1.165) is 23.1 Å². The highest BCUT2D eigenvalue weighted by Gasteiger charge is 2.12. The van der Waals surface area contributed by atoms with Gasteiger partial charge < -0.3 is 10.2 Å². The minimum Gasteiger partial charge on any atom is -0.508 e. The average Bonchev–Trinajstić information content (AvgIpc) is 2.41. The molecule has 0 saturated heterocycles. The maximum absolute atomic E-state index is 10.0. The second-order valence-corrected chi connectivity index (χ2v) is 4.99. The van der Waals surface area contributed by atoms with Crippen molar-refractivity contribution < 1.29 is 10.2 Å². The molecule has 2 aromatic rings. The van der Waals surface area contributed by atoms with E-state index in [1.165, 1.54) is 17.2 Å². The first kappa shape index (κ1) is 13.5. The van der Waals surface area contributed by atoms with E-state index in [2.05, 4.69) is 25.1 Å².